The average Bonchev–Trinajstić information content (AvgIpc) is 3.05. The minimum Gasteiger partial charge on any atom is -0.508 e. The van der Waals surface area contributed by atoms with Crippen molar-refractivity contribution in [2.45, 2.75) is 31.6 Å². The SMILES string of the molecule is O=C(OCC1CC2CC(c3ccc(O)cc3)C1C2)C(F)F. The van der Waals surface area contributed by atoms with E-state index >= 15 is 0 Å². The van der Waals surface area contributed by atoms with Crippen molar-refractivity contribution in [3.05, 3.63) is 29.8 Å². The minimum atomic E-state index is -3.04. The van der Waals surface area contributed by atoms with E-state index in [4.69, 9.17) is 4.74 Å². The molecule has 2 aliphatic carbocycles. The fraction of sp³-hybridized carbons (Fsp3) is 0.562. The summed E-state index contributed by atoms with van der Waals surface area (Å²) < 4.78 is 29.1. The number of ether oxygens (including phenoxy) is 1. The summed E-state index contributed by atoms with van der Waals surface area (Å²) in [6.07, 6.45) is 0.0731. The zero-order valence-electron chi connectivity index (χ0n) is 11.5. The first kappa shape index (κ1) is 14.3. The molecule has 3 nitrogen and oxygen atoms in total. The molecule has 0 radical (unpaired) electrons. The van der Waals surface area contributed by atoms with Gasteiger partial charge in [0.1, 0.15) is 5.75 Å². The van der Waals surface area contributed by atoms with Crippen molar-refractivity contribution in [3.8, 4) is 5.75 Å². The maximum absolute atomic E-state index is 12.2. The lowest BCUT2D eigenvalue weighted by Gasteiger charge is -2.29. The van der Waals surface area contributed by atoms with Gasteiger partial charge < -0.3 is 9.84 Å². The summed E-state index contributed by atoms with van der Waals surface area (Å²) in [5.41, 5.74) is 1.17. The molecule has 114 valence electrons. The maximum atomic E-state index is 12.2. The van der Waals surface area contributed by atoms with Crippen LogP contribution in [-0.4, -0.2) is 24.1 Å². The molecule has 0 aliphatic heterocycles. The Morgan fingerprint density at radius 3 is 2.57 bits per heavy atom. The van der Waals surface area contributed by atoms with Crippen molar-refractivity contribution in [1.29, 1.82) is 0 Å². The highest BCUT2D eigenvalue weighted by molar-refractivity contribution is 5.72. The summed E-state index contributed by atoms with van der Waals surface area (Å²) in [4.78, 5) is 10.9. The van der Waals surface area contributed by atoms with Gasteiger partial charge in [-0.2, -0.15) is 8.78 Å². The molecule has 4 atom stereocenters. The molecule has 3 rings (SSSR count). The highest BCUT2D eigenvalue weighted by Crippen LogP contribution is 2.55. The number of hydrogen-bond acceptors (Lipinski definition) is 3. The number of phenolic OH excluding ortho intramolecular Hbond substituents is 1. The van der Waals surface area contributed by atoms with E-state index in [9.17, 15) is 18.7 Å². The second kappa shape index (κ2) is 5.62. The van der Waals surface area contributed by atoms with Gasteiger partial charge in [0.05, 0.1) is 6.61 Å². The number of hydrogen-bond donors (Lipinski definition) is 1. The summed E-state index contributed by atoms with van der Waals surface area (Å²) in [6, 6.07) is 7.19. The van der Waals surface area contributed by atoms with E-state index in [1.807, 2.05) is 12.1 Å². The summed E-state index contributed by atoms with van der Waals surface area (Å²) in [6.45, 7) is 0.0962. The second-order valence-corrected chi connectivity index (χ2v) is 6.13. The van der Waals surface area contributed by atoms with E-state index in [0.717, 1.165) is 19.3 Å². The highest BCUT2D eigenvalue weighted by Gasteiger charge is 2.47. The molecule has 0 spiro atoms. The third-order valence-corrected chi connectivity index (χ3v) is 4.89. The Morgan fingerprint density at radius 1 is 1.24 bits per heavy atom. The number of rotatable bonds is 4. The third kappa shape index (κ3) is 2.87. The van der Waals surface area contributed by atoms with Crippen LogP contribution in [-0.2, 0) is 9.53 Å². The van der Waals surface area contributed by atoms with E-state index in [0.29, 0.717) is 17.8 Å². The topological polar surface area (TPSA) is 46.5 Å². The van der Waals surface area contributed by atoms with E-state index < -0.39 is 12.4 Å². The first-order valence-corrected chi connectivity index (χ1v) is 7.28. The number of benzene rings is 1. The van der Waals surface area contributed by atoms with Crippen molar-refractivity contribution in [2.75, 3.05) is 6.61 Å². The Labute approximate surface area is 121 Å². The van der Waals surface area contributed by atoms with Crippen molar-refractivity contribution in [3.63, 3.8) is 0 Å². The lowest BCUT2D eigenvalue weighted by atomic mass is 9.77. The predicted octanol–water partition coefficient (Wildman–Crippen LogP) is 3.33. The molecule has 2 saturated carbocycles. The van der Waals surface area contributed by atoms with Crippen molar-refractivity contribution in [2.24, 2.45) is 17.8 Å². The van der Waals surface area contributed by atoms with E-state index in [2.05, 4.69) is 0 Å². The van der Waals surface area contributed by atoms with Crippen LogP contribution in [0.1, 0.15) is 30.7 Å². The predicted molar refractivity (Wildman–Crippen MR) is 72.1 cm³/mol. The molecule has 1 aromatic rings. The van der Waals surface area contributed by atoms with Crippen molar-refractivity contribution in [1.82, 2.24) is 0 Å². The molecule has 0 saturated heterocycles. The van der Waals surface area contributed by atoms with Crippen molar-refractivity contribution < 1.29 is 23.4 Å². The zero-order valence-corrected chi connectivity index (χ0v) is 11.5. The second-order valence-electron chi connectivity index (χ2n) is 6.13. The number of phenols is 1. The molecule has 0 aromatic heterocycles. The van der Waals surface area contributed by atoms with E-state index in [-0.39, 0.29) is 18.3 Å². The monoisotopic (exact) mass is 296 g/mol. The summed E-state index contributed by atoms with van der Waals surface area (Å²) in [7, 11) is 0. The minimum absolute atomic E-state index is 0.0962. The molecule has 1 N–H and O–H groups in total. The Kier molecular flexibility index (Phi) is 3.83. The molecule has 2 fully saturated rings. The van der Waals surface area contributed by atoms with Gasteiger partial charge >= 0.3 is 12.4 Å². The number of esters is 1. The molecule has 21 heavy (non-hydrogen) atoms. The number of halogens is 2. The van der Waals surface area contributed by atoms with E-state index in [1.165, 1.54) is 5.56 Å². The van der Waals surface area contributed by atoms with Gasteiger partial charge in [0, 0.05) is 0 Å². The van der Waals surface area contributed by atoms with Gasteiger partial charge in [0.25, 0.3) is 0 Å². The fourth-order valence-corrected chi connectivity index (χ4v) is 4.04. The van der Waals surface area contributed by atoms with Gasteiger partial charge in [-0.05, 0) is 60.6 Å². The standard InChI is InChI=1S/C16H18F2O3/c17-15(18)16(20)21-8-11-5-9-6-13(14(11)7-9)10-1-3-12(19)4-2-10/h1-4,9,11,13-15,19H,5-8H2. The van der Waals surface area contributed by atoms with Gasteiger partial charge in [-0.15, -0.1) is 0 Å². The van der Waals surface area contributed by atoms with Gasteiger partial charge in [-0.3, -0.25) is 0 Å². The largest absolute Gasteiger partial charge is 0.508 e. The Hall–Kier alpha value is -1.65. The zero-order chi connectivity index (χ0) is 15.0. The van der Waals surface area contributed by atoms with Crippen LogP contribution >= 0.6 is 0 Å². The Morgan fingerprint density at radius 2 is 1.95 bits per heavy atom. The van der Waals surface area contributed by atoms with Gasteiger partial charge in [-0.1, -0.05) is 12.1 Å². The van der Waals surface area contributed by atoms with Gasteiger partial charge in [-0.25, -0.2) is 4.79 Å². The van der Waals surface area contributed by atoms with Crippen LogP contribution < -0.4 is 0 Å². The van der Waals surface area contributed by atoms with Gasteiger partial charge in [0.15, 0.2) is 0 Å². The van der Waals surface area contributed by atoms with Gasteiger partial charge in [0.2, 0.25) is 0 Å². The first-order valence-electron chi connectivity index (χ1n) is 7.28. The number of alkyl halides is 2. The molecule has 0 heterocycles. The van der Waals surface area contributed by atoms with E-state index in [1.54, 1.807) is 12.1 Å². The summed E-state index contributed by atoms with van der Waals surface area (Å²) in [5, 5.41) is 9.35. The number of fused-ring (bicyclic) bond motifs is 2. The number of aromatic hydroxyl groups is 1. The molecule has 0 amide bonds. The van der Waals surface area contributed by atoms with Crippen LogP contribution in [0.2, 0.25) is 0 Å². The van der Waals surface area contributed by atoms with Crippen LogP contribution in [0, 0.1) is 17.8 Å². The molecule has 2 bridgehead atoms. The van der Waals surface area contributed by atoms with Crippen LogP contribution in [0.4, 0.5) is 8.78 Å². The first-order chi connectivity index (χ1) is 10.0. The van der Waals surface area contributed by atoms with Crippen LogP contribution in [0.15, 0.2) is 24.3 Å². The quantitative estimate of drug-likeness (QED) is 0.867. The smallest absolute Gasteiger partial charge is 0.373 e. The highest BCUT2D eigenvalue weighted by atomic mass is 19.3. The van der Waals surface area contributed by atoms with Crippen LogP contribution in [0.5, 0.6) is 5.75 Å². The number of carbonyl (C=O) groups excluding carboxylic acids is 1. The lowest BCUT2D eigenvalue weighted by Crippen LogP contribution is -2.26. The Bertz CT molecular complexity index is 515. The van der Waals surface area contributed by atoms with Crippen LogP contribution in [0.25, 0.3) is 0 Å². The summed E-state index contributed by atoms with van der Waals surface area (Å²) >= 11 is 0. The maximum Gasteiger partial charge on any atom is 0.373 e. The molecule has 1 aromatic carbocycles. The Balaban J connectivity index is 1.64. The molecule has 4 unspecified atom stereocenters. The van der Waals surface area contributed by atoms with Crippen LogP contribution in [0.3, 0.4) is 0 Å². The lowest BCUT2D eigenvalue weighted by molar-refractivity contribution is -0.158. The number of carbonyl (C=O) groups is 1. The molecular formula is C16H18F2O3. The fourth-order valence-electron chi connectivity index (χ4n) is 4.04. The van der Waals surface area contributed by atoms with Crippen molar-refractivity contribution >= 4 is 5.97 Å². The third-order valence-electron chi connectivity index (χ3n) is 4.89. The molecular weight excluding hydrogens is 278 g/mol. The average molecular weight is 296 g/mol. The summed E-state index contributed by atoms with van der Waals surface area (Å²) in [5.74, 6) is 0.335. The normalized spacial score (nSPS) is 30.8. The molecule has 2 aliphatic rings. The molecule has 5 heteroatoms.